The van der Waals surface area contributed by atoms with Crippen LogP contribution in [0.15, 0.2) is 0 Å². The predicted octanol–water partition coefficient (Wildman–Crippen LogP) is 2.96. The van der Waals surface area contributed by atoms with Crippen molar-refractivity contribution in [2.45, 2.75) is 73.0 Å². The van der Waals surface area contributed by atoms with E-state index >= 15 is 0 Å². The Morgan fingerprint density at radius 1 is 1.25 bits per heavy atom. The first-order chi connectivity index (χ1) is 13.1. The fourth-order valence-electron chi connectivity index (χ4n) is 3.54. The zero-order valence-corrected chi connectivity index (χ0v) is 17.8. The molecule has 2 amide bonds. The van der Waals surface area contributed by atoms with E-state index in [-0.39, 0.29) is 29.9 Å². The molecule has 7 heteroatoms. The Balaban J connectivity index is 2.15. The molecule has 7 nitrogen and oxygen atoms in total. The summed E-state index contributed by atoms with van der Waals surface area (Å²) in [5, 5.41) is 3.01. The number of carbonyl (C=O) groups is 3. The molecule has 0 aromatic carbocycles. The Hall–Kier alpha value is -2.31. The molecule has 1 aliphatic heterocycles. The van der Waals surface area contributed by atoms with Crippen LogP contribution in [-0.4, -0.2) is 52.9 Å². The summed E-state index contributed by atoms with van der Waals surface area (Å²) >= 11 is 0. The third kappa shape index (κ3) is 4.94. The van der Waals surface area contributed by atoms with Crippen molar-refractivity contribution >= 4 is 17.8 Å². The standard InChI is InChI=1S/C21H33N3O4/c1-7-13(4)22-19(25)16-9-8-10-24(11-16)20(26)18-14(5)17(15(6)23-18)21(27)28-12(2)3/h12-13,16,23H,7-11H2,1-6H3,(H,22,25)/t13-,16-/m1/s1. The molecule has 156 valence electrons. The van der Waals surface area contributed by atoms with Gasteiger partial charge in [0.1, 0.15) is 5.69 Å². The number of esters is 1. The molecule has 2 atom stereocenters. The van der Waals surface area contributed by atoms with E-state index in [4.69, 9.17) is 4.74 Å². The van der Waals surface area contributed by atoms with Gasteiger partial charge in [0, 0.05) is 24.8 Å². The maximum absolute atomic E-state index is 13.1. The van der Waals surface area contributed by atoms with Gasteiger partial charge < -0.3 is 19.9 Å². The van der Waals surface area contributed by atoms with Gasteiger partial charge in [-0.25, -0.2) is 4.79 Å². The lowest BCUT2D eigenvalue weighted by molar-refractivity contribution is -0.126. The van der Waals surface area contributed by atoms with E-state index < -0.39 is 5.97 Å². The first-order valence-electron chi connectivity index (χ1n) is 10.1. The molecule has 1 saturated heterocycles. The quantitative estimate of drug-likeness (QED) is 0.730. The number of hydrogen-bond acceptors (Lipinski definition) is 4. The van der Waals surface area contributed by atoms with Gasteiger partial charge in [-0.15, -0.1) is 0 Å². The minimum atomic E-state index is -0.426. The van der Waals surface area contributed by atoms with Gasteiger partial charge >= 0.3 is 5.97 Å². The summed E-state index contributed by atoms with van der Waals surface area (Å²) in [6.45, 7) is 12.1. The Kier molecular flexibility index (Phi) is 7.27. The average molecular weight is 392 g/mol. The van der Waals surface area contributed by atoms with Crippen molar-refractivity contribution in [3.63, 3.8) is 0 Å². The van der Waals surface area contributed by atoms with E-state index in [0.717, 1.165) is 19.3 Å². The number of ether oxygens (including phenoxy) is 1. The van der Waals surface area contributed by atoms with Crippen molar-refractivity contribution < 1.29 is 19.1 Å². The maximum Gasteiger partial charge on any atom is 0.340 e. The van der Waals surface area contributed by atoms with Crippen LogP contribution in [0.3, 0.4) is 0 Å². The van der Waals surface area contributed by atoms with E-state index in [0.29, 0.717) is 35.6 Å². The Bertz CT molecular complexity index is 738. The van der Waals surface area contributed by atoms with Gasteiger partial charge in [-0.1, -0.05) is 6.92 Å². The highest BCUT2D eigenvalue weighted by Crippen LogP contribution is 2.24. The zero-order valence-electron chi connectivity index (χ0n) is 17.8. The Labute approximate surface area is 167 Å². The monoisotopic (exact) mass is 391 g/mol. The normalized spacial score (nSPS) is 18.1. The molecule has 1 aromatic rings. The lowest BCUT2D eigenvalue weighted by Crippen LogP contribution is -2.47. The number of aromatic amines is 1. The van der Waals surface area contributed by atoms with Crippen LogP contribution in [0.25, 0.3) is 0 Å². The second-order valence-electron chi connectivity index (χ2n) is 7.99. The van der Waals surface area contributed by atoms with Crippen LogP contribution < -0.4 is 5.32 Å². The van der Waals surface area contributed by atoms with E-state index in [2.05, 4.69) is 10.3 Å². The number of nitrogens with one attached hydrogen (secondary N) is 2. The topological polar surface area (TPSA) is 91.5 Å². The SMILES string of the molecule is CC[C@@H](C)NC(=O)[C@@H]1CCCN(C(=O)c2[nH]c(C)c(C(=O)OC(C)C)c2C)C1. The van der Waals surface area contributed by atoms with E-state index in [1.807, 2.05) is 13.8 Å². The van der Waals surface area contributed by atoms with Gasteiger partial charge in [-0.2, -0.15) is 0 Å². The fourth-order valence-corrected chi connectivity index (χ4v) is 3.54. The molecule has 28 heavy (non-hydrogen) atoms. The summed E-state index contributed by atoms with van der Waals surface area (Å²) in [4.78, 5) is 42.7. The Morgan fingerprint density at radius 3 is 2.54 bits per heavy atom. The predicted molar refractivity (Wildman–Crippen MR) is 107 cm³/mol. The van der Waals surface area contributed by atoms with Crippen molar-refractivity contribution in [2.75, 3.05) is 13.1 Å². The van der Waals surface area contributed by atoms with Crippen molar-refractivity contribution in [1.29, 1.82) is 0 Å². The number of hydrogen-bond donors (Lipinski definition) is 2. The summed E-state index contributed by atoms with van der Waals surface area (Å²) in [6.07, 6.45) is 2.20. The summed E-state index contributed by atoms with van der Waals surface area (Å²) in [5.74, 6) is -0.795. The second-order valence-corrected chi connectivity index (χ2v) is 7.99. The largest absolute Gasteiger partial charge is 0.459 e. The number of rotatable bonds is 6. The van der Waals surface area contributed by atoms with Crippen molar-refractivity contribution in [2.24, 2.45) is 5.92 Å². The number of likely N-dealkylation sites (tertiary alicyclic amines) is 1. The summed E-state index contributed by atoms with van der Waals surface area (Å²) in [5.41, 5.74) is 2.03. The van der Waals surface area contributed by atoms with Gasteiger partial charge in [0.15, 0.2) is 0 Å². The molecule has 1 fully saturated rings. The molecule has 0 saturated carbocycles. The highest BCUT2D eigenvalue weighted by molar-refractivity contribution is 6.00. The third-order valence-electron chi connectivity index (χ3n) is 5.28. The van der Waals surface area contributed by atoms with Crippen molar-refractivity contribution in [1.82, 2.24) is 15.2 Å². The molecule has 1 aliphatic rings. The van der Waals surface area contributed by atoms with Gasteiger partial charge in [-0.3, -0.25) is 9.59 Å². The molecule has 2 N–H and O–H groups in total. The van der Waals surface area contributed by atoms with Gasteiger partial charge in [0.05, 0.1) is 17.6 Å². The highest BCUT2D eigenvalue weighted by atomic mass is 16.5. The molecule has 1 aromatic heterocycles. The van der Waals surface area contributed by atoms with Crippen LogP contribution in [0.4, 0.5) is 0 Å². The zero-order chi connectivity index (χ0) is 21.0. The second kappa shape index (κ2) is 9.26. The first-order valence-corrected chi connectivity index (χ1v) is 10.1. The van der Waals surface area contributed by atoms with Crippen LogP contribution >= 0.6 is 0 Å². The van der Waals surface area contributed by atoms with E-state index in [9.17, 15) is 14.4 Å². The number of piperidine rings is 1. The number of carbonyl (C=O) groups excluding carboxylic acids is 3. The number of H-pyrrole nitrogens is 1. The average Bonchev–Trinajstić information content (AvgIpc) is 2.94. The van der Waals surface area contributed by atoms with Crippen molar-refractivity contribution in [3.8, 4) is 0 Å². The minimum Gasteiger partial charge on any atom is -0.459 e. The number of aryl methyl sites for hydroxylation is 1. The molecule has 2 rings (SSSR count). The molecule has 0 spiro atoms. The van der Waals surface area contributed by atoms with E-state index in [1.54, 1.807) is 32.6 Å². The van der Waals surface area contributed by atoms with E-state index in [1.165, 1.54) is 0 Å². The van der Waals surface area contributed by atoms with Gasteiger partial charge in [0.25, 0.3) is 5.91 Å². The lowest BCUT2D eigenvalue weighted by Gasteiger charge is -2.32. The number of aromatic nitrogens is 1. The summed E-state index contributed by atoms with van der Waals surface area (Å²) < 4.78 is 5.30. The van der Waals surface area contributed by atoms with Gasteiger partial charge in [-0.05, 0) is 59.4 Å². The summed E-state index contributed by atoms with van der Waals surface area (Å²) in [7, 11) is 0. The molecule has 0 unspecified atom stereocenters. The Morgan fingerprint density at radius 2 is 1.93 bits per heavy atom. The van der Waals surface area contributed by atoms with Crippen LogP contribution in [0.2, 0.25) is 0 Å². The molecule has 0 radical (unpaired) electrons. The molecule has 0 bridgehead atoms. The number of amides is 2. The van der Waals surface area contributed by atoms with Gasteiger partial charge in [0.2, 0.25) is 5.91 Å². The fraction of sp³-hybridized carbons (Fsp3) is 0.667. The van der Waals surface area contributed by atoms with Crippen LogP contribution in [0.1, 0.15) is 79.1 Å². The first kappa shape index (κ1) is 22.0. The molecular weight excluding hydrogens is 358 g/mol. The summed E-state index contributed by atoms with van der Waals surface area (Å²) in [6, 6.07) is 0.126. The van der Waals surface area contributed by atoms with Crippen LogP contribution in [0, 0.1) is 19.8 Å². The maximum atomic E-state index is 13.1. The molecule has 2 heterocycles. The minimum absolute atomic E-state index is 0.00689. The third-order valence-corrected chi connectivity index (χ3v) is 5.28. The van der Waals surface area contributed by atoms with Crippen LogP contribution in [0.5, 0.6) is 0 Å². The molecule has 0 aliphatic carbocycles. The molecular formula is C21H33N3O4. The van der Waals surface area contributed by atoms with Crippen molar-refractivity contribution in [3.05, 3.63) is 22.5 Å². The van der Waals surface area contributed by atoms with Crippen LogP contribution in [-0.2, 0) is 9.53 Å². The lowest BCUT2D eigenvalue weighted by atomic mass is 9.96. The number of nitrogens with zero attached hydrogens (tertiary/aromatic N) is 1. The highest BCUT2D eigenvalue weighted by Gasteiger charge is 2.32. The smallest absolute Gasteiger partial charge is 0.340 e.